The second-order valence-corrected chi connectivity index (χ2v) is 5.38. The summed E-state index contributed by atoms with van der Waals surface area (Å²) in [6.45, 7) is 8.04. The molecule has 1 saturated carbocycles. The molecule has 2 N–H and O–H groups in total. The molecule has 1 aromatic rings. The number of nitrogens with zero attached hydrogens (tertiary/aromatic N) is 3. The van der Waals surface area contributed by atoms with E-state index in [-0.39, 0.29) is 0 Å². The minimum absolute atomic E-state index is 0.519. The molecular formula is C14H25N5. The number of hydrogen-bond acceptors (Lipinski definition) is 5. The van der Waals surface area contributed by atoms with Gasteiger partial charge in [0.1, 0.15) is 5.82 Å². The van der Waals surface area contributed by atoms with E-state index in [0.29, 0.717) is 12.0 Å². The molecule has 5 nitrogen and oxygen atoms in total. The molecule has 5 heteroatoms. The van der Waals surface area contributed by atoms with Gasteiger partial charge in [0.05, 0.1) is 0 Å². The van der Waals surface area contributed by atoms with Gasteiger partial charge in [0.2, 0.25) is 5.95 Å². The van der Waals surface area contributed by atoms with Crippen molar-refractivity contribution in [2.24, 2.45) is 0 Å². The summed E-state index contributed by atoms with van der Waals surface area (Å²) in [5.41, 5.74) is 0.983. The van der Waals surface area contributed by atoms with Crippen LogP contribution in [0.15, 0.2) is 6.07 Å². The van der Waals surface area contributed by atoms with Gasteiger partial charge >= 0.3 is 0 Å². The number of aromatic nitrogens is 2. The summed E-state index contributed by atoms with van der Waals surface area (Å²) in [6, 6.07) is 3.30. The van der Waals surface area contributed by atoms with Crippen LogP contribution in [0, 0.1) is 6.92 Å². The predicted octanol–water partition coefficient (Wildman–Crippen LogP) is 2.11. The van der Waals surface area contributed by atoms with Crippen molar-refractivity contribution in [3.05, 3.63) is 11.8 Å². The number of hydrogen-bond donors (Lipinski definition) is 2. The van der Waals surface area contributed by atoms with Crippen molar-refractivity contribution < 1.29 is 0 Å². The summed E-state index contributed by atoms with van der Waals surface area (Å²) in [6.07, 6.45) is 2.69. The topological polar surface area (TPSA) is 53.1 Å². The van der Waals surface area contributed by atoms with E-state index in [2.05, 4.69) is 39.5 Å². The van der Waals surface area contributed by atoms with Gasteiger partial charge in [-0.3, -0.25) is 4.90 Å². The van der Waals surface area contributed by atoms with Crippen molar-refractivity contribution in [3.63, 3.8) is 0 Å². The van der Waals surface area contributed by atoms with Gasteiger partial charge in [-0.25, -0.2) is 4.98 Å². The van der Waals surface area contributed by atoms with Crippen molar-refractivity contribution in [2.45, 2.75) is 45.7 Å². The van der Waals surface area contributed by atoms with Crippen molar-refractivity contribution >= 4 is 11.8 Å². The average molecular weight is 263 g/mol. The van der Waals surface area contributed by atoms with Crippen molar-refractivity contribution in [1.29, 1.82) is 0 Å². The Kier molecular flexibility index (Phi) is 4.58. The minimum atomic E-state index is 0.519. The second kappa shape index (κ2) is 6.19. The molecule has 0 aromatic carbocycles. The van der Waals surface area contributed by atoms with Gasteiger partial charge in [0.15, 0.2) is 0 Å². The molecule has 0 radical (unpaired) electrons. The highest BCUT2D eigenvalue weighted by Crippen LogP contribution is 2.26. The molecule has 1 aliphatic carbocycles. The Hall–Kier alpha value is -1.36. The molecule has 0 saturated heterocycles. The zero-order chi connectivity index (χ0) is 13.8. The first-order chi connectivity index (χ1) is 9.10. The molecule has 19 heavy (non-hydrogen) atoms. The van der Waals surface area contributed by atoms with Gasteiger partial charge in [0, 0.05) is 36.9 Å². The van der Waals surface area contributed by atoms with Crippen LogP contribution >= 0.6 is 0 Å². The first kappa shape index (κ1) is 14.1. The van der Waals surface area contributed by atoms with Gasteiger partial charge in [-0.2, -0.15) is 4.98 Å². The van der Waals surface area contributed by atoms with Gasteiger partial charge < -0.3 is 10.6 Å². The van der Waals surface area contributed by atoms with Crippen LogP contribution in [0.4, 0.5) is 11.8 Å². The third-order valence-corrected chi connectivity index (χ3v) is 3.59. The van der Waals surface area contributed by atoms with Crippen LogP contribution < -0.4 is 10.6 Å². The van der Waals surface area contributed by atoms with Crippen LogP contribution in [0.3, 0.4) is 0 Å². The monoisotopic (exact) mass is 263 g/mol. The zero-order valence-electron chi connectivity index (χ0n) is 12.4. The van der Waals surface area contributed by atoms with Crippen LogP contribution in [0.1, 0.15) is 32.4 Å². The molecule has 1 aliphatic rings. The summed E-state index contributed by atoms with van der Waals surface area (Å²) in [4.78, 5) is 11.3. The summed E-state index contributed by atoms with van der Waals surface area (Å²) >= 11 is 0. The van der Waals surface area contributed by atoms with E-state index >= 15 is 0 Å². The predicted molar refractivity (Wildman–Crippen MR) is 79.7 cm³/mol. The minimum Gasteiger partial charge on any atom is -0.368 e. The normalized spacial score (nSPS) is 16.5. The average Bonchev–Trinajstić information content (AvgIpc) is 3.19. The number of likely N-dealkylation sites (N-methyl/N-ethyl adjacent to an activating group) is 1. The Morgan fingerprint density at radius 3 is 2.74 bits per heavy atom. The maximum absolute atomic E-state index is 4.46. The van der Waals surface area contributed by atoms with E-state index in [0.717, 1.165) is 30.6 Å². The Labute approximate surface area is 115 Å². The van der Waals surface area contributed by atoms with Crippen molar-refractivity contribution in [3.8, 4) is 0 Å². The lowest BCUT2D eigenvalue weighted by molar-refractivity contribution is 0.257. The van der Waals surface area contributed by atoms with E-state index in [1.54, 1.807) is 0 Å². The summed E-state index contributed by atoms with van der Waals surface area (Å²) in [5, 5.41) is 6.57. The highest BCUT2D eigenvalue weighted by molar-refractivity contribution is 5.42. The van der Waals surface area contributed by atoms with Gasteiger partial charge in [0.25, 0.3) is 0 Å². The fourth-order valence-corrected chi connectivity index (χ4v) is 2.13. The zero-order valence-corrected chi connectivity index (χ0v) is 12.4. The summed E-state index contributed by atoms with van der Waals surface area (Å²) < 4.78 is 0. The van der Waals surface area contributed by atoms with Crippen molar-refractivity contribution in [2.75, 3.05) is 30.8 Å². The van der Waals surface area contributed by atoms with E-state index in [9.17, 15) is 0 Å². The quantitative estimate of drug-likeness (QED) is 0.789. The maximum Gasteiger partial charge on any atom is 0.224 e. The molecule has 1 atom stereocenters. The molecule has 0 spiro atoms. The van der Waals surface area contributed by atoms with E-state index in [4.69, 9.17) is 0 Å². The lowest BCUT2D eigenvalue weighted by atomic mass is 10.3. The summed E-state index contributed by atoms with van der Waals surface area (Å²) in [5.74, 6) is 1.60. The van der Waals surface area contributed by atoms with Gasteiger partial charge in [-0.1, -0.05) is 0 Å². The van der Waals surface area contributed by atoms with Crippen LogP contribution in [0.25, 0.3) is 0 Å². The Bertz CT molecular complexity index is 416. The SMILES string of the molecule is CCNc1nc(C)cc(NCC(C)N(C)C2CC2)n1. The molecule has 1 aromatic heterocycles. The first-order valence-corrected chi connectivity index (χ1v) is 7.15. The van der Waals surface area contributed by atoms with Crippen molar-refractivity contribution in [1.82, 2.24) is 14.9 Å². The Morgan fingerprint density at radius 2 is 2.11 bits per heavy atom. The standard InChI is InChI=1S/C14H25N5/c1-5-15-14-17-10(2)8-13(18-14)16-9-11(3)19(4)12-6-7-12/h8,11-12H,5-7,9H2,1-4H3,(H2,15,16,17,18). The number of nitrogens with one attached hydrogen (secondary N) is 2. The largest absolute Gasteiger partial charge is 0.368 e. The molecule has 0 bridgehead atoms. The molecule has 1 fully saturated rings. The van der Waals surface area contributed by atoms with Crippen LogP contribution in [-0.2, 0) is 0 Å². The molecular weight excluding hydrogens is 238 g/mol. The fourth-order valence-electron chi connectivity index (χ4n) is 2.13. The lowest BCUT2D eigenvalue weighted by Gasteiger charge is -2.24. The van der Waals surface area contributed by atoms with E-state index < -0.39 is 0 Å². The van der Waals surface area contributed by atoms with E-state index in [1.807, 2.05) is 19.9 Å². The third kappa shape index (κ3) is 4.06. The van der Waals surface area contributed by atoms with Gasteiger partial charge in [-0.05, 0) is 40.7 Å². The van der Waals surface area contributed by atoms with Crippen LogP contribution in [0.5, 0.6) is 0 Å². The van der Waals surface area contributed by atoms with Gasteiger partial charge in [-0.15, -0.1) is 0 Å². The molecule has 1 heterocycles. The molecule has 106 valence electrons. The molecule has 0 amide bonds. The third-order valence-electron chi connectivity index (χ3n) is 3.59. The van der Waals surface area contributed by atoms with Crippen LogP contribution in [0.2, 0.25) is 0 Å². The number of anilines is 2. The lowest BCUT2D eigenvalue weighted by Crippen LogP contribution is -2.36. The van der Waals surface area contributed by atoms with Crippen LogP contribution in [-0.4, -0.2) is 47.1 Å². The molecule has 2 rings (SSSR count). The number of aryl methyl sites for hydroxylation is 1. The highest BCUT2D eigenvalue weighted by Gasteiger charge is 2.28. The van der Waals surface area contributed by atoms with E-state index in [1.165, 1.54) is 12.8 Å². The second-order valence-electron chi connectivity index (χ2n) is 5.38. The first-order valence-electron chi connectivity index (χ1n) is 7.15. The summed E-state index contributed by atoms with van der Waals surface area (Å²) in [7, 11) is 2.21. The number of rotatable bonds is 7. The molecule has 0 aliphatic heterocycles. The fraction of sp³-hybridized carbons (Fsp3) is 0.714. The smallest absolute Gasteiger partial charge is 0.224 e. The highest BCUT2D eigenvalue weighted by atomic mass is 15.2. The Morgan fingerprint density at radius 1 is 1.37 bits per heavy atom. The Balaban J connectivity index is 1.90. The molecule has 1 unspecified atom stereocenters. The maximum atomic E-state index is 4.46.